The average Bonchev–Trinajstić information content (AvgIpc) is 2.45. The number of rotatable bonds is 4. The molecule has 1 saturated heterocycles. The van der Waals surface area contributed by atoms with Crippen molar-refractivity contribution in [2.24, 2.45) is 0 Å². The standard InChI is InChI=1S/C16H20ClNO3/c1-3-12-10-21-11(2)9-18(12)15-6-4-5-14(17)13(15)7-8-16(19)20/h4-8,11-12H,3,9-10H2,1-2H3,(H,19,20). The van der Waals surface area contributed by atoms with E-state index in [1.807, 2.05) is 19.1 Å². The SMILES string of the molecule is CCC1COC(C)CN1c1cccc(Cl)c1C=CC(=O)O. The zero-order valence-electron chi connectivity index (χ0n) is 12.3. The number of carboxylic acids is 1. The Labute approximate surface area is 130 Å². The fourth-order valence-electron chi connectivity index (χ4n) is 2.57. The molecule has 0 radical (unpaired) electrons. The molecule has 21 heavy (non-hydrogen) atoms. The van der Waals surface area contributed by atoms with Gasteiger partial charge in [-0.1, -0.05) is 24.6 Å². The zero-order valence-corrected chi connectivity index (χ0v) is 13.0. The van der Waals surface area contributed by atoms with E-state index in [2.05, 4.69) is 11.8 Å². The van der Waals surface area contributed by atoms with E-state index in [1.54, 1.807) is 12.1 Å². The number of anilines is 1. The molecule has 1 N–H and O–H groups in total. The Morgan fingerprint density at radius 3 is 3.00 bits per heavy atom. The molecule has 5 heteroatoms. The largest absolute Gasteiger partial charge is 0.478 e. The fourth-order valence-corrected chi connectivity index (χ4v) is 2.81. The molecule has 0 aromatic heterocycles. The number of benzene rings is 1. The minimum Gasteiger partial charge on any atom is -0.478 e. The predicted octanol–water partition coefficient (Wildman–Crippen LogP) is 3.44. The van der Waals surface area contributed by atoms with Gasteiger partial charge in [-0.15, -0.1) is 0 Å². The van der Waals surface area contributed by atoms with E-state index in [9.17, 15) is 4.79 Å². The maximum absolute atomic E-state index is 10.8. The topological polar surface area (TPSA) is 49.8 Å². The molecule has 0 spiro atoms. The highest BCUT2D eigenvalue weighted by Gasteiger charge is 2.27. The van der Waals surface area contributed by atoms with Crippen molar-refractivity contribution in [1.29, 1.82) is 0 Å². The number of hydrogen-bond acceptors (Lipinski definition) is 3. The molecule has 1 aromatic rings. The second kappa shape index (κ2) is 6.96. The number of ether oxygens (including phenoxy) is 1. The van der Waals surface area contributed by atoms with Gasteiger partial charge in [0.15, 0.2) is 0 Å². The predicted molar refractivity (Wildman–Crippen MR) is 85.0 cm³/mol. The number of halogens is 1. The van der Waals surface area contributed by atoms with Crippen molar-refractivity contribution in [2.75, 3.05) is 18.1 Å². The van der Waals surface area contributed by atoms with Crippen LogP contribution in [0.15, 0.2) is 24.3 Å². The Hall–Kier alpha value is -1.52. The lowest BCUT2D eigenvalue weighted by Gasteiger charge is -2.40. The third-order valence-electron chi connectivity index (χ3n) is 3.67. The first-order valence-corrected chi connectivity index (χ1v) is 7.48. The van der Waals surface area contributed by atoms with Crippen LogP contribution < -0.4 is 4.90 Å². The van der Waals surface area contributed by atoms with E-state index in [4.69, 9.17) is 21.4 Å². The van der Waals surface area contributed by atoms with Gasteiger partial charge in [-0.05, 0) is 31.6 Å². The van der Waals surface area contributed by atoms with E-state index in [0.29, 0.717) is 11.6 Å². The van der Waals surface area contributed by atoms with Crippen molar-refractivity contribution in [3.63, 3.8) is 0 Å². The molecule has 2 unspecified atom stereocenters. The Kier molecular flexibility index (Phi) is 5.26. The number of carbonyl (C=O) groups is 1. The van der Waals surface area contributed by atoms with Gasteiger partial charge in [0, 0.05) is 28.9 Å². The Balaban J connectivity index is 2.41. The van der Waals surface area contributed by atoms with Crippen LogP contribution in [0.3, 0.4) is 0 Å². The van der Waals surface area contributed by atoms with Gasteiger partial charge in [0.2, 0.25) is 0 Å². The van der Waals surface area contributed by atoms with Crippen LogP contribution in [-0.4, -0.2) is 36.4 Å². The van der Waals surface area contributed by atoms with Gasteiger partial charge in [-0.3, -0.25) is 0 Å². The first-order valence-electron chi connectivity index (χ1n) is 7.10. The molecule has 1 aliphatic rings. The molecule has 1 aliphatic heterocycles. The highest BCUT2D eigenvalue weighted by molar-refractivity contribution is 6.32. The molecule has 0 bridgehead atoms. The molecule has 1 aromatic carbocycles. The van der Waals surface area contributed by atoms with Crippen molar-refractivity contribution < 1.29 is 14.6 Å². The van der Waals surface area contributed by atoms with Crippen LogP contribution in [0, 0.1) is 0 Å². The van der Waals surface area contributed by atoms with Gasteiger partial charge < -0.3 is 14.7 Å². The van der Waals surface area contributed by atoms with E-state index in [-0.39, 0.29) is 12.1 Å². The van der Waals surface area contributed by atoms with Crippen LogP contribution in [0.2, 0.25) is 5.02 Å². The van der Waals surface area contributed by atoms with Crippen molar-refractivity contribution in [3.05, 3.63) is 34.9 Å². The molecule has 2 atom stereocenters. The van der Waals surface area contributed by atoms with E-state index in [1.165, 1.54) is 0 Å². The van der Waals surface area contributed by atoms with Gasteiger partial charge in [0.05, 0.1) is 18.8 Å². The van der Waals surface area contributed by atoms with Crippen LogP contribution in [0.1, 0.15) is 25.8 Å². The zero-order chi connectivity index (χ0) is 15.4. The van der Waals surface area contributed by atoms with Crippen LogP contribution in [0.5, 0.6) is 0 Å². The van der Waals surface area contributed by atoms with E-state index < -0.39 is 5.97 Å². The molecule has 2 rings (SSSR count). The number of nitrogens with zero attached hydrogens (tertiary/aromatic N) is 1. The smallest absolute Gasteiger partial charge is 0.328 e. The maximum atomic E-state index is 10.8. The summed E-state index contributed by atoms with van der Waals surface area (Å²) in [5.41, 5.74) is 1.70. The minimum atomic E-state index is -0.983. The molecular weight excluding hydrogens is 290 g/mol. The Morgan fingerprint density at radius 2 is 2.33 bits per heavy atom. The summed E-state index contributed by atoms with van der Waals surface area (Å²) in [6.45, 7) is 5.60. The average molecular weight is 310 g/mol. The maximum Gasteiger partial charge on any atom is 0.328 e. The summed E-state index contributed by atoms with van der Waals surface area (Å²) in [5, 5.41) is 9.40. The summed E-state index contributed by atoms with van der Waals surface area (Å²) in [6, 6.07) is 5.92. The highest BCUT2D eigenvalue weighted by Crippen LogP contribution is 2.32. The van der Waals surface area contributed by atoms with Crippen LogP contribution in [0.4, 0.5) is 5.69 Å². The third-order valence-corrected chi connectivity index (χ3v) is 4.00. The molecular formula is C16H20ClNO3. The van der Waals surface area contributed by atoms with Gasteiger partial charge >= 0.3 is 5.97 Å². The summed E-state index contributed by atoms with van der Waals surface area (Å²) < 4.78 is 5.71. The molecule has 0 saturated carbocycles. The number of carboxylic acid groups (broad SMARTS) is 1. The Morgan fingerprint density at radius 1 is 1.57 bits per heavy atom. The van der Waals surface area contributed by atoms with Crippen molar-refractivity contribution in [3.8, 4) is 0 Å². The number of aliphatic carboxylic acids is 1. The summed E-state index contributed by atoms with van der Waals surface area (Å²) in [4.78, 5) is 13.0. The van der Waals surface area contributed by atoms with E-state index in [0.717, 1.165) is 30.3 Å². The first-order chi connectivity index (χ1) is 10.0. The van der Waals surface area contributed by atoms with Crippen LogP contribution in [-0.2, 0) is 9.53 Å². The molecule has 114 valence electrons. The molecule has 0 aliphatic carbocycles. The summed E-state index contributed by atoms with van der Waals surface area (Å²) >= 11 is 6.26. The summed E-state index contributed by atoms with van der Waals surface area (Å²) in [5.74, 6) is -0.983. The van der Waals surface area contributed by atoms with Crippen molar-refractivity contribution in [1.82, 2.24) is 0 Å². The monoisotopic (exact) mass is 309 g/mol. The highest BCUT2D eigenvalue weighted by atomic mass is 35.5. The van der Waals surface area contributed by atoms with Crippen molar-refractivity contribution >= 4 is 29.3 Å². The second-order valence-electron chi connectivity index (χ2n) is 5.20. The Bertz CT molecular complexity index is 544. The quantitative estimate of drug-likeness (QED) is 0.866. The molecule has 4 nitrogen and oxygen atoms in total. The normalized spacial score (nSPS) is 22.7. The lowest BCUT2D eigenvalue weighted by molar-refractivity contribution is -0.131. The number of hydrogen-bond donors (Lipinski definition) is 1. The molecule has 1 fully saturated rings. The lowest BCUT2D eigenvalue weighted by Crippen LogP contribution is -2.49. The minimum absolute atomic E-state index is 0.142. The van der Waals surface area contributed by atoms with Gasteiger partial charge in [-0.25, -0.2) is 4.79 Å². The molecule has 1 heterocycles. The van der Waals surface area contributed by atoms with Gasteiger partial charge in [0.25, 0.3) is 0 Å². The third kappa shape index (κ3) is 3.77. The number of morpholine rings is 1. The summed E-state index contributed by atoms with van der Waals surface area (Å²) in [7, 11) is 0. The first kappa shape index (κ1) is 15.9. The van der Waals surface area contributed by atoms with E-state index >= 15 is 0 Å². The lowest BCUT2D eigenvalue weighted by atomic mass is 10.1. The summed E-state index contributed by atoms with van der Waals surface area (Å²) in [6.07, 6.45) is 3.78. The van der Waals surface area contributed by atoms with Gasteiger partial charge in [0.1, 0.15) is 0 Å². The van der Waals surface area contributed by atoms with Crippen LogP contribution >= 0.6 is 11.6 Å². The second-order valence-corrected chi connectivity index (χ2v) is 5.61. The molecule has 0 amide bonds. The van der Waals surface area contributed by atoms with Crippen molar-refractivity contribution in [2.45, 2.75) is 32.4 Å². The van der Waals surface area contributed by atoms with Crippen LogP contribution in [0.25, 0.3) is 6.08 Å². The fraction of sp³-hybridized carbons (Fsp3) is 0.438. The van der Waals surface area contributed by atoms with Gasteiger partial charge in [-0.2, -0.15) is 0 Å².